The van der Waals surface area contributed by atoms with E-state index in [0.717, 1.165) is 10.2 Å². The maximum absolute atomic E-state index is 10.9. The normalized spacial score (nSPS) is 12.2. The summed E-state index contributed by atoms with van der Waals surface area (Å²) in [4.78, 5) is 10.9. The number of hydrogen-bond acceptors (Lipinski definition) is 3. The SMILES string of the molecule is CCOCC(C)Nc1cc(Br)cc(C(=O)O)c1. The van der Waals surface area contributed by atoms with Gasteiger partial charge in [-0.1, -0.05) is 15.9 Å². The summed E-state index contributed by atoms with van der Waals surface area (Å²) in [6.45, 7) is 5.18. The van der Waals surface area contributed by atoms with E-state index in [0.29, 0.717) is 13.2 Å². The van der Waals surface area contributed by atoms with Crippen LogP contribution in [0.5, 0.6) is 0 Å². The van der Waals surface area contributed by atoms with Gasteiger partial charge < -0.3 is 15.2 Å². The van der Waals surface area contributed by atoms with Crippen molar-refractivity contribution in [3.63, 3.8) is 0 Å². The molecule has 0 aromatic heterocycles. The molecule has 1 rings (SSSR count). The van der Waals surface area contributed by atoms with Crippen LogP contribution in [0.15, 0.2) is 22.7 Å². The van der Waals surface area contributed by atoms with Crippen molar-refractivity contribution in [3.05, 3.63) is 28.2 Å². The Balaban J connectivity index is 2.73. The van der Waals surface area contributed by atoms with Gasteiger partial charge in [0.1, 0.15) is 0 Å². The topological polar surface area (TPSA) is 58.6 Å². The molecule has 0 heterocycles. The van der Waals surface area contributed by atoms with E-state index < -0.39 is 5.97 Å². The van der Waals surface area contributed by atoms with Crippen molar-refractivity contribution in [2.24, 2.45) is 0 Å². The Morgan fingerprint density at radius 2 is 2.24 bits per heavy atom. The highest BCUT2D eigenvalue weighted by Crippen LogP contribution is 2.20. The van der Waals surface area contributed by atoms with Gasteiger partial charge in [0.15, 0.2) is 0 Å². The molecule has 0 aliphatic carbocycles. The summed E-state index contributed by atoms with van der Waals surface area (Å²) in [5, 5.41) is 12.1. The molecule has 17 heavy (non-hydrogen) atoms. The number of rotatable bonds is 6. The van der Waals surface area contributed by atoms with E-state index in [2.05, 4.69) is 21.2 Å². The zero-order chi connectivity index (χ0) is 12.8. The Labute approximate surface area is 109 Å². The Morgan fingerprint density at radius 3 is 2.82 bits per heavy atom. The van der Waals surface area contributed by atoms with Crippen LogP contribution >= 0.6 is 15.9 Å². The second kappa shape index (κ2) is 6.61. The van der Waals surface area contributed by atoms with Crippen LogP contribution in [0, 0.1) is 0 Å². The van der Waals surface area contributed by atoms with Gasteiger partial charge in [-0.05, 0) is 32.0 Å². The maximum Gasteiger partial charge on any atom is 0.335 e. The minimum Gasteiger partial charge on any atom is -0.478 e. The van der Waals surface area contributed by atoms with Gasteiger partial charge >= 0.3 is 5.97 Å². The average Bonchev–Trinajstić information content (AvgIpc) is 2.25. The molecule has 0 fully saturated rings. The van der Waals surface area contributed by atoms with Crippen molar-refractivity contribution in [3.8, 4) is 0 Å². The van der Waals surface area contributed by atoms with Crippen molar-refractivity contribution in [2.45, 2.75) is 19.9 Å². The predicted molar refractivity (Wildman–Crippen MR) is 70.7 cm³/mol. The first-order valence-corrected chi connectivity index (χ1v) is 6.20. The Bertz CT molecular complexity index is 395. The second-order valence-corrected chi connectivity index (χ2v) is 4.65. The summed E-state index contributed by atoms with van der Waals surface area (Å²) in [5.41, 5.74) is 1.02. The van der Waals surface area contributed by atoms with Crippen LogP contribution < -0.4 is 5.32 Å². The second-order valence-electron chi connectivity index (χ2n) is 3.74. The lowest BCUT2D eigenvalue weighted by Crippen LogP contribution is -2.21. The van der Waals surface area contributed by atoms with Gasteiger partial charge in [0.2, 0.25) is 0 Å². The van der Waals surface area contributed by atoms with Gasteiger partial charge in [0.05, 0.1) is 12.2 Å². The third-order valence-electron chi connectivity index (χ3n) is 2.13. The fourth-order valence-corrected chi connectivity index (χ4v) is 1.91. The van der Waals surface area contributed by atoms with E-state index >= 15 is 0 Å². The molecule has 0 amide bonds. The quantitative estimate of drug-likeness (QED) is 0.848. The predicted octanol–water partition coefficient (Wildman–Crippen LogP) is 2.98. The summed E-state index contributed by atoms with van der Waals surface area (Å²) in [6.07, 6.45) is 0. The van der Waals surface area contributed by atoms with Crippen LogP contribution in [0.25, 0.3) is 0 Å². The summed E-state index contributed by atoms with van der Waals surface area (Å²) in [6, 6.07) is 5.15. The Morgan fingerprint density at radius 1 is 1.53 bits per heavy atom. The highest BCUT2D eigenvalue weighted by molar-refractivity contribution is 9.10. The standard InChI is InChI=1S/C12H16BrNO3/c1-3-17-7-8(2)14-11-5-9(12(15)16)4-10(13)6-11/h4-6,8,14H,3,7H2,1-2H3,(H,15,16). The van der Waals surface area contributed by atoms with Crippen LogP contribution in [-0.2, 0) is 4.74 Å². The molecular weight excluding hydrogens is 286 g/mol. The Hall–Kier alpha value is -1.07. The number of carboxylic acids is 1. The van der Waals surface area contributed by atoms with Gasteiger partial charge in [0, 0.05) is 22.8 Å². The minimum atomic E-state index is -0.938. The van der Waals surface area contributed by atoms with Crippen molar-refractivity contribution in [1.82, 2.24) is 0 Å². The first-order valence-electron chi connectivity index (χ1n) is 5.41. The van der Waals surface area contributed by atoms with Crippen LogP contribution in [-0.4, -0.2) is 30.3 Å². The molecule has 2 N–H and O–H groups in total. The van der Waals surface area contributed by atoms with E-state index in [1.807, 2.05) is 19.9 Å². The molecule has 0 spiro atoms. The van der Waals surface area contributed by atoms with Crippen molar-refractivity contribution in [1.29, 1.82) is 0 Å². The lowest BCUT2D eigenvalue weighted by molar-refractivity contribution is 0.0697. The maximum atomic E-state index is 10.9. The van der Waals surface area contributed by atoms with Crippen LogP contribution in [0.3, 0.4) is 0 Å². The Kier molecular flexibility index (Phi) is 5.44. The van der Waals surface area contributed by atoms with Gasteiger partial charge in [-0.3, -0.25) is 0 Å². The number of nitrogens with one attached hydrogen (secondary N) is 1. The summed E-state index contributed by atoms with van der Waals surface area (Å²) >= 11 is 3.29. The van der Waals surface area contributed by atoms with Gasteiger partial charge in [-0.15, -0.1) is 0 Å². The molecule has 4 nitrogen and oxygen atoms in total. The van der Waals surface area contributed by atoms with Gasteiger partial charge in [-0.25, -0.2) is 4.79 Å². The number of anilines is 1. The molecule has 1 unspecified atom stereocenters. The molecule has 0 saturated heterocycles. The van der Waals surface area contributed by atoms with Crippen molar-refractivity contribution < 1.29 is 14.6 Å². The van der Waals surface area contributed by atoms with Crippen LogP contribution in [0.2, 0.25) is 0 Å². The molecule has 1 atom stereocenters. The molecule has 1 aromatic rings. The van der Waals surface area contributed by atoms with E-state index in [4.69, 9.17) is 9.84 Å². The molecule has 0 radical (unpaired) electrons. The number of hydrogen-bond donors (Lipinski definition) is 2. The number of ether oxygens (including phenoxy) is 1. The fraction of sp³-hybridized carbons (Fsp3) is 0.417. The zero-order valence-corrected chi connectivity index (χ0v) is 11.5. The molecule has 5 heteroatoms. The molecule has 94 valence electrons. The molecule has 0 aliphatic rings. The number of carbonyl (C=O) groups is 1. The molecule has 0 saturated carbocycles. The number of carboxylic acid groups (broad SMARTS) is 1. The number of aromatic carboxylic acids is 1. The van der Waals surface area contributed by atoms with Gasteiger partial charge in [0.25, 0.3) is 0 Å². The first kappa shape index (κ1) is 14.0. The van der Waals surface area contributed by atoms with E-state index in [-0.39, 0.29) is 11.6 Å². The first-order chi connectivity index (χ1) is 8.02. The van der Waals surface area contributed by atoms with Crippen LogP contribution in [0.1, 0.15) is 24.2 Å². The fourth-order valence-electron chi connectivity index (χ4n) is 1.42. The molecule has 1 aromatic carbocycles. The van der Waals surface area contributed by atoms with E-state index in [9.17, 15) is 4.79 Å². The van der Waals surface area contributed by atoms with Crippen molar-refractivity contribution in [2.75, 3.05) is 18.5 Å². The summed E-state index contributed by atoms with van der Waals surface area (Å²) < 4.78 is 6.02. The van der Waals surface area contributed by atoms with Crippen molar-refractivity contribution >= 4 is 27.6 Å². The third kappa shape index (κ3) is 4.75. The highest BCUT2D eigenvalue weighted by Gasteiger charge is 2.08. The molecule has 0 bridgehead atoms. The smallest absolute Gasteiger partial charge is 0.335 e. The third-order valence-corrected chi connectivity index (χ3v) is 2.59. The van der Waals surface area contributed by atoms with E-state index in [1.165, 1.54) is 0 Å². The molecular formula is C12H16BrNO3. The highest BCUT2D eigenvalue weighted by atomic mass is 79.9. The monoisotopic (exact) mass is 301 g/mol. The molecule has 0 aliphatic heterocycles. The lowest BCUT2D eigenvalue weighted by Gasteiger charge is -2.15. The zero-order valence-electron chi connectivity index (χ0n) is 9.87. The van der Waals surface area contributed by atoms with Crippen LogP contribution in [0.4, 0.5) is 5.69 Å². The minimum absolute atomic E-state index is 0.130. The summed E-state index contributed by atoms with van der Waals surface area (Å²) in [7, 11) is 0. The number of halogens is 1. The lowest BCUT2D eigenvalue weighted by atomic mass is 10.2. The largest absolute Gasteiger partial charge is 0.478 e. The number of benzene rings is 1. The average molecular weight is 302 g/mol. The van der Waals surface area contributed by atoms with E-state index in [1.54, 1.807) is 12.1 Å². The van der Waals surface area contributed by atoms with Gasteiger partial charge in [-0.2, -0.15) is 0 Å². The summed E-state index contributed by atoms with van der Waals surface area (Å²) in [5.74, 6) is -0.938.